The van der Waals surface area contributed by atoms with Crippen LogP contribution in [0, 0.1) is 0 Å². The van der Waals surface area contributed by atoms with Crippen molar-refractivity contribution < 1.29 is 29.0 Å². The molecule has 2 atom stereocenters. The molecule has 0 aromatic carbocycles. The van der Waals surface area contributed by atoms with Crippen LogP contribution in [0.3, 0.4) is 0 Å². The summed E-state index contributed by atoms with van der Waals surface area (Å²) in [6.45, 7) is 5.78. The molecular formula is C43H78O6. The number of Topliss-reactive ketones (excluding diaryl/α,β-unsaturated/α-hetero) is 1. The monoisotopic (exact) mass is 691 g/mol. The van der Waals surface area contributed by atoms with Crippen LogP contribution in [0.1, 0.15) is 213 Å². The fraction of sp³-hybridized carbons (Fsp3) is 0.837. The molecule has 0 bridgehead atoms. The lowest BCUT2D eigenvalue weighted by atomic mass is 10.0. The number of rotatable bonds is 37. The molecule has 49 heavy (non-hydrogen) atoms. The van der Waals surface area contributed by atoms with E-state index >= 15 is 0 Å². The second-order valence-corrected chi connectivity index (χ2v) is 14.1. The molecule has 0 aromatic heterocycles. The van der Waals surface area contributed by atoms with Gasteiger partial charge in [-0.05, 0) is 84.0 Å². The summed E-state index contributed by atoms with van der Waals surface area (Å²) in [5, 5.41) is 9.36. The zero-order valence-electron chi connectivity index (χ0n) is 32.4. The number of unbranched alkanes of at least 4 members (excludes halogenated alkanes) is 22. The summed E-state index contributed by atoms with van der Waals surface area (Å²) >= 11 is 0. The third kappa shape index (κ3) is 33.0. The van der Waals surface area contributed by atoms with Gasteiger partial charge in [0.05, 0.1) is 0 Å². The number of ether oxygens (including phenoxy) is 2. The Hall–Kier alpha value is -1.95. The molecule has 0 radical (unpaired) electrons. The maximum Gasteiger partial charge on any atom is 0.306 e. The first-order valence-electron chi connectivity index (χ1n) is 20.8. The van der Waals surface area contributed by atoms with Crippen LogP contribution in [0.25, 0.3) is 0 Å². The van der Waals surface area contributed by atoms with Gasteiger partial charge in [0.2, 0.25) is 0 Å². The van der Waals surface area contributed by atoms with Gasteiger partial charge in [-0.25, -0.2) is 0 Å². The lowest BCUT2D eigenvalue weighted by Gasteiger charge is -2.25. The fourth-order valence-electron chi connectivity index (χ4n) is 6.09. The first-order chi connectivity index (χ1) is 24.0. The fourth-order valence-corrected chi connectivity index (χ4v) is 6.09. The Kier molecular flexibility index (Phi) is 35.8. The van der Waals surface area contributed by atoms with E-state index in [1.54, 1.807) is 0 Å². The highest BCUT2D eigenvalue weighted by molar-refractivity contribution is 5.84. The van der Waals surface area contributed by atoms with Crippen molar-refractivity contribution in [2.45, 2.75) is 226 Å². The minimum absolute atomic E-state index is 0.0875. The lowest BCUT2D eigenvalue weighted by Crippen LogP contribution is -2.40. The third-order valence-electron chi connectivity index (χ3n) is 9.21. The highest BCUT2D eigenvalue weighted by Crippen LogP contribution is 2.18. The Morgan fingerprint density at radius 3 is 1.20 bits per heavy atom. The van der Waals surface area contributed by atoms with E-state index in [1.807, 2.05) is 0 Å². The van der Waals surface area contributed by atoms with Gasteiger partial charge in [-0.15, -0.1) is 0 Å². The van der Waals surface area contributed by atoms with E-state index in [2.05, 4.69) is 38.2 Å². The molecule has 0 unspecified atom stereocenters. The van der Waals surface area contributed by atoms with Crippen LogP contribution in [0.2, 0.25) is 0 Å². The first-order valence-corrected chi connectivity index (χ1v) is 20.8. The van der Waals surface area contributed by atoms with Crippen molar-refractivity contribution in [1.82, 2.24) is 0 Å². The number of hydrogen-bond acceptors (Lipinski definition) is 6. The van der Waals surface area contributed by atoms with Crippen molar-refractivity contribution in [2.75, 3.05) is 6.61 Å². The summed E-state index contributed by atoms with van der Waals surface area (Å²) < 4.78 is 11.2. The molecule has 0 aliphatic heterocycles. The van der Waals surface area contributed by atoms with E-state index in [0.717, 1.165) is 57.8 Å². The van der Waals surface area contributed by atoms with Crippen molar-refractivity contribution in [2.24, 2.45) is 0 Å². The van der Waals surface area contributed by atoms with Crippen LogP contribution in [-0.2, 0) is 23.9 Å². The number of aliphatic hydroxyl groups is 1. The van der Waals surface area contributed by atoms with Crippen LogP contribution in [0.5, 0.6) is 0 Å². The minimum Gasteiger partial charge on any atom is -0.458 e. The van der Waals surface area contributed by atoms with Crippen molar-refractivity contribution in [3.8, 4) is 0 Å². The smallest absolute Gasteiger partial charge is 0.306 e. The van der Waals surface area contributed by atoms with Gasteiger partial charge in [-0.2, -0.15) is 0 Å². The average molecular weight is 691 g/mol. The molecule has 0 heterocycles. The van der Waals surface area contributed by atoms with Crippen molar-refractivity contribution in [3.63, 3.8) is 0 Å². The molecule has 6 heteroatoms. The number of allylic oxidation sites excluding steroid dienone is 4. The van der Waals surface area contributed by atoms with Gasteiger partial charge in [0.15, 0.2) is 11.9 Å². The van der Waals surface area contributed by atoms with Gasteiger partial charge in [0, 0.05) is 19.4 Å². The lowest BCUT2D eigenvalue weighted by molar-refractivity contribution is -0.172. The van der Waals surface area contributed by atoms with Crippen LogP contribution < -0.4 is 0 Å². The van der Waals surface area contributed by atoms with Gasteiger partial charge in [0.25, 0.3) is 0 Å². The second-order valence-electron chi connectivity index (χ2n) is 14.1. The summed E-state index contributed by atoms with van der Waals surface area (Å²) in [4.78, 5) is 37.7. The molecule has 0 aromatic rings. The highest BCUT2D eigenvalue weighted by atomic mass is 16.6. The van der Waals surface area contributed by atoms with Crippen molar-refractivity contribution >= 4 is 17.7 Å². The van der Waals surface area contributed by atoms with E-state index < -0.39 is 18.2 Å². The minimum atomic E-state index is -1.12. The Bertz CT molecular complexity index is 819. The molecule has 0 spiro atoms. The van der Waals surface area contributed by atoms with E-state index in [0.29, 0.717) is 12.8 Å². The van der Waals surface area contributed by atoms with Crippen LogP contribution in [0.4, 0.5) is 0 Å². The van der Waals surface area contributed by atoms with E-state index in [1.165, 1.54) is 110 Å². The number of aliphatic hydroxyl groups excluding tert-OH is 1. The van der Waals surface area contributed by atoms with Crippen LogP contribution in [-0.4, -0.2) is 41.6 Å². The van der Waals surface area contributed by atoms with Gasteiger partial charge in [-0.1, -0.05) is 141 Å². The molecule has 6 nitrogen and oxygen atoms in total. The summed E-state index contributed by atoms with van der Waals surface area (Å²) in [5.74, 6) is -1.14. The average Bonchev–Trinajstić information content (AvgIpc) is 3.09. The molecule has 0 aliphatic carbocycles. The summed E-state index contributed by atoms with van der Waals surface area (Å²) in [6, 6.07) is 0. The molecule has 0 aliphatic rings. The van der Waals surface area contributed by atoms with Gasteiger partial charge >= 0.3 is 11.9 Å². The topological polar surface area (TPSA) is 89.9 Å². The largest absolute Gasteiger partial charge is 0.458 e. The molecule has 0 amide bonds. The molecule has 1 N–H and O–H groups in total. The second kappa shape index (κ2) is 37.3. The Balaban J connectivity index is 4.16. The van der Waals surface area contributed by atoms with Crippen molar-refractivity contribution in [1.29, 1.82) is 0 Å². The summed E-state index contributed by atoms with van der Waals surface area (Å²) in [5.41, 5.74) is 0. The van der Waals surface area contributed by atoms with Gasteiger partial charge in [-0.3, -0.25) is 14.4 Å². The summed E-state index contributed by atoms with van der Waals surface area (Å²) in [6.07, 6.45) is 39.2. The number of carbonyl (C=O) groups excluding carboxylic acids is 3. The molecular weight excluding hydrogens is 612 g/mol. The first kappa shape index (κ1) is 47.0. The van der Waals surface area contributed by atoms with Crippen LogP contribution in [0.15, 0.2) is 24.3 Å². The van der Waals surface area contributed by atoms with E-state index in [-0.39, 0.29) is 37.6 Å². The molecule has 286 valence electrons. The maximum atomic E-state index is 12.6. The SMILES string of the molecule is CCCCCCCC/C=C\CCCCCCCC(=O)O[C@@H](CCCO)[C@@H](OC(=O)CCCCCCC/C=C\CCCCCCCC)C(C)=O. The molecule has 0 rings (SSSR count). The van der Waals surface area contributed by atoms with Gasteiger partial charge < -0.3 is 14.6 Å². The Morgan fingerprint density at radius 2 is 0.837 bits per heavy atom. The predicted molar refractivity (Wildman–Crippen MR) is 206 cm³/mol. The Morgan fingerprint density at radius 1 is 0.490 bits per heavy atom. The van der Waals surface area contributed by atoms with Gasteiger partial charge in [0.1, 0.15) is 6.10 Å². The summed E-state index contributed by atoms with van der Waals surface area (Å²) in [7, 11) is 0. The molecule has 0 saturated heterocycles. The quantitative estimate of drug-likeness (QED) is 0.0396. The van der Waals surface area contributed by atoms with Crippen LogP contribution >= 0.6 is 0 Å². The normalized spacial score (nSPS) is 12.9. The molecule has 0 saturated carbocycles. The number of ketones is 1. The predicted octanol–water partition coefficient (Wildman–Crippen LogP) is 12.2. The zero-order valence-corrected chi connectivity index (χ0v) is 32.4. The molecule has 0 fully saturated rings. The van der Waals surface area contributed by atoms with Crippen molar-refractivity contribution in [3.05, 3.63) is 24.3 Å². The third-order valence-corrected chi connectivity index (χ3v) is 9.21. The number of hydrogen-bond donors (Lipinski definition) is 1. The maximum absolute atomic E-state index is 12.6. The number of carbonyl (C=O) groups is 3. The standard InChI is InChI=1S/C43H78O6/c1-4-6-8-10-12-14-16-18-20-22-24-26-28-30-32-36-41(46)48-40(35-34-38-44)43(39(3)45)49-42(47)37-33-31-29-27-25-23-21-19-17-15-13-11-9-7-5-2/h18-21,40,43-44H,4-17,22-38H2,1-3H3/b20-18-,21-19-/t40-,43-/m0/s1. The Labute approximate surface area is 302 Å². The van der Waals surface area contributed by atoms with E-state index in [9.17, 15) is 19.5 Å². The van der Waals surface area contributed by atoms with E-state index in [4.69, 9.17) is 9.47 Å². The zero-order chi connectivity index (χ0) is 36.0. The number of esters is 2. The highest BCUT2D eigenvalue weighted by Gasteiger charge is 2.32.